The molecule has 11 nitrogen and oxygen atoms in total. The summed E-state index contributed by atoms with van der Waals surface area (Å²) in [7, 11) is -3.87. The number of nitrogens with one attached hydrogen (secondary N) is 2. The standard InChI is InChI=1S/C16H23FN3O8P/c1-8-6-20(16(22)18-13(8)21)14-11(17)12-10(27-14)7-26-29(23,28-12)19-9(2)15-24-4-3-5-25-15/h6,9-12,14-15H,3-5,7H2,1-2H3,(H,19,23)(H,18,21,22)/t9-,10-,11+,12-,14-,29?/m0/s1. The number of H-pyrrole nitrogens is 1. The first kappa shape index (κ1) is 20.9. The molecule has 4 heterocycles. The molecule has 0 aliphatic carbocycles. The van der Waals surface area contributed by atoms with E-state index < -0.39 is 55.9 Å². The summed E-state index contributed by atoms with van der Waals surface area (Å²) in [5.74, 6) is 0. The smallest absolute Gasteiger partial charge is 0.351 e. The van der Waals surface area contributed by atoms with Crippen LogP contribution in [0.2, 0.25) is 0 Å². The zero-order valence-electron chi connectivity index (χ0n) is 15.9. The third-order valence-corrected chi connectivity index (χ3v) is 6.71. The molecule has 1 unspecified atom stereocenters. The van der Waals surface area contributed by atoms with Gasteiger partial charge in [0.05, 0.1) is 25.9 Å². The van der Waals surface area contributed by atoms with E-state index in [0.29, 0.717) is 13.2 Å². The lowest BCUT2D eigenvalue weighted by atomic mass is 10.1. The molecular formula is C16H23FN3O8P. The van der Waals surface area contributed by atoms with Crippen LogP contribution in [0.3, 0.4) is 0 Å². The molecular weight excluding hydrogens is 412 g/mol. The van der Waals surface area contributed by atoms with E-state index in [9.17, 15) is 14.2 Å². The zero-order chi connectivity index (χ0) is 20.8. The van der Waals surface area contributed by atoms with E-state index in [-0.39, 0.29) is 12.2 Å². The second-order valence-electron chi connectivity index (χ2n) is 7.23. The fraction of sp³-hybridized carbons (Fsp3) is 0.750. The van der Waals surface area contributed by atoms with Gasteiger partial charge in [-0.3, -0.25) is 23.4 Å². The maximum atomic E-state index is 15.1. The second kappa shape index (κ2) is 8.03. The number of alkyl halides is 1. The summed E-state index contributed by atoms with van der Waals surface area (Å²) in [5, 5.41) is 2.70. The number of aromatic amines is 1. The van der Waals surface area contributed by atoms with E-state index in [0.717, 1.165) is 11.0 Å². The van der Waals surface area contributed by atoms with E-state index in [1.54, 1.807) is 6.92 Å². The van der Waals surface area contributed by atoms with Crippen LogP contribution in [-0.2, 0) is 27.8 Å². The minimum atomic E-state index is -3.87. The molecule has 3 saturated heterocycles. The summed E-state index contributed by atoms with van der Waals surface area (Å²) in [6, 6.07) is -0.529. The first-order valence-corrected chi connectivity index (χ1v) is 10.9. The van der Waals surface area contributed by atoms with Crippen LogP contribution in [0, 0.1) is 6.92 Å². The third-order valence-electron chi connectivity index (χ3n) is 4.98. The molecule has 13 heteroatoms. The fourth-order valence-electron chi connectivity index (χ4n) is 3.49. The Morgan fingerprint density at radius 2 is 2.07 bits per heavy atom. The van der Waals surface area contributed by atoms with Crippen LogP contribution in [0.15, 0.2) is 15.8 Å². The fourth-order valence-corrected chi connectivity index (χ4v) is 5.22. The highest BCUT2D eigenvalue weighted by atomic mass is 31.2. The van der Waals surface area contributed by atoms with Gasteiger partial charge in [0, 0.05) is 11.8 Å². The van der Waals surface area contributed by atoms with Gasteiger partial charge in [-0.2, -0.15) is 0 Å². The summed E-state index contributed by atoms with van der Waals surface area (Å²) in [6.45, 7) is 4.02. The van der Waals surface area contributed by atoms with Crippen molar-refractivity contribution in [1.29, 1.82) is 0 Å². The largest absolute Gasteiger partial charge is 0.406 e. The van der Waals surface area contributed by atoms with Crippen molar-refractivity contribution in [2.75, 3.05) is 19.8 Å². The van der Waals surface area contributed by atoms with Crippen LogP contribution >= 0.6 is 7.75 Å². The first-order valence-electron chi connectivity index (χ1n) is 9.33. The van der Waals surface area contributed by atoms with Gasteiger partial charge in [0.25, 0.3) is 5.56 Å². The number of halogens is 1. The zero-order valence-corrected chi connectivity index (χ0v) is 16.8. The number of fused-ring (bicyclic) bond motifs is 1. The average Bonchev–Trinajstić information content (AvgIpc) is 3.01. The van der Waals surface area contributed by atoms with Crippen molar-refractivity contribution in [3.63, 3.8) is 0 Å². The molecule has 0 saturated carbocycles. The van der Waals surface area contributed by atoms with Crippen molar-refractivity contribution in [1.82, 2.24) is 14.6 Å². The Labute approximate surface area is 165 Å². The monoisotopic (exact) mass is 435 g/mol. The molecule has 3 aliphatic heterocycles. The van der Waals surface area contributed by atoms with Crippen LogP contribution in [0.25, 0.3) is 0 Å². The number of ether oxygens (including phenoxy) is 3. The molecule has 0 spiro atoms. The van der Waals surface area contributed by atoms with Crippen molar-refractivity contribution < 1.29 is 32.2 Å². The summed E-state index contributed by atoms with van der Waals surface area (Å²) in [6.07, 6.45) is -3.87. The van der Waals surface area contributed by atoms with E-state index >= 15 is 4.39 Å². The Kier molecular flexibility index (Phi) is 5.77. The predicted octanol–water partition coefficient (Wildman–Crippen LogP) is 0.345. The average molecular weight is 435 g/mol. The van der Waals surface area contributed by atoms with Crippen LogP contribution in [-0.4, -0.2) is 60.1 Å². The molecule has 29 heavy (non-hydrogen) atoms. The highest BCUT2D eigenvalue weighted by Gasteiger charge is 2.54. The number of rotatable bonds is 4. The Hall–Kier alpha value is -1.40. The molecule has 1 aromatic heterocycles. The molecule has 0 amide bonds. The summed E-state index contributed by atoms with van der Waals surface area (Å²) in [4.78, 5) is 25.7. The van der Waals surface area contributed by atoms with Gasteiger partial charge in [-0.25, -0.2) is 18.8 Å². The van der Waals surface area contributed by atoms with E-state index in [1.165, 1.54) is 13.1 Å². The quantitative estimate of drug-likeness (QED) is 0.643. The molecule has 4 rings (SSSR count). The van der Waals surface area contributed by atoms with Crippen molar-refractivity contribution in [3.8, 4) is 0 Å². The third kappa shape index (κ3) is 4.11. The predicted molar refractivity (Wildman–Crippen MR) is 96.2 cm³/mol. The van der Waals surface area contributed by atoms with Crippen LogP contribution in [0.1, 0.15) is 25.1 Å². The normalized spacial score (nSPS) is 36.7. The Bertz CT molecular complexity index is 916. The van der Waals surface area contributed by atoms with Crippen molar-refractivity contribution >= 4 is 7.75 Å². The number of hydrogen-bond acceptors (Lipinski definition) is 8. The van der Waals surface area contributed by atoms with Gasteiger partial charge in [-0.05, 0) is 20.3 Å². The molecule has 0 aromatic carbocycles. The van der Waals surface area contributed by atoms with Gasteiger partial charge in [-0.1, -0.05) is 0 Å². The second-order valence-corrected chi connectivity index (χ2v) is 8.95. The summed E-state index contributed by atoms with van der Waals surface area (Å²) >= 11 is 0. The lowest BCUT2D eigenvalue weighted by Crippen LogP contribution is -2.46. The van der Waals surface area contributed by atoms with Crippen molar-refractivity contribution in [2.24, 2.45) is 0 Å². The molecule has 162 valence electrons. The van der Waals surface area contributed by atoms with Crippen LogP contribution in [0.4, 0.5) is 4.39 Å². The number of hydrogen-bond donors (Lipinski definition) is 2. The molecule has 1 aromatic rings. The number of nitrogens with zero attached hydrogens (tertiary/aromatic N) is 1. The van der Waals surface area contributed by atoms with Crippen LogP contribution in [0.5, 0.6) is 0 Å². The van der Waals surface area contributed by atoms with Gasteiger partial charge in [0.2, 0.25) is 0 Å². The minimum absolute atomic E-state index is 0.192. The molecule has 3 fully saturated rings. The SMILES string of the molecule is Cc1cn([C@H]2O[C@H]3COP(=O)(N[C@@H](C)C4OCCCO4)O[C@@H]3[C@H]2F)c(=O)[nH]c1=O. The van der Waals surface area contributed by atoms with E-state index in [1.807, 2.05) is 0 Å². The Morgan fingerprint density at radius 1 is 1.34 bits per heavy atom. The number of aryl methyl sites for hydroxylation is 1. The van der Waals surface area contributed by atoms with Crippen LogP contribution < -0.4 is 16.3 Å². The van der Waals surface area contributed by atoms with Gasteiger partial charge in [0.15, 0.2) is 18.7 Å². The van der Waals surface area contributed by atoms with Crippen molar-refractivity contribution in [2.45, 2.75) is 57.2 Å². The summed E-state index contributed by atoms with van der Waals surface area (Å²) in [5.41, 5.74) is -1.15. The minimum Gasteiger partial charge on any atom is -0.351 e. The molecule has 6 atom stereocenters. The Balaban J connectivity index is 1.48. The molecule has 2 N–H and O–H groups in total. The summed E-state index contributed by atoms with van der Waals surface area (Å²) < 4.78 is 56.3. The number of aromatic nitrogens is 2. The topological polar surface area (TPSA) is 130 Å². The first-order chi connectivity index (χ1) is 13.8. The highest BCUT2D eigenvalue weighted by Crippen LogP contribution is 2.53. The van der Waals surface area contributed by atoms with Gasteiger partial charge in [-0.15, -0.1) is 0 Å². The van der Waals surface area contributed by atoms with Crippen molar-refractivity contribution in [3.05, 3.63) is 32.6 Å². The lowest BCUT2D eigenvalue weighted by molar-refractivity contribution is -0.189. The maximum absolute atomic E-state index is 15.1. The van der Waals surface area contributed by atoms with E-state index in [4.69, 9.17) is 23.3 Å². The lowest BCUT2D eigenvalue weighted by Gasteiger charge is -2.35. The van der Waals surface area contributed by atoms with E-state index in [2.05, 4.69) is 10.1 Å². The molecule has 0 bridgehead atoms. The van der Waals surface area contributed by atoms with Gasteiger partial charge in [0.1, 0.15) is 12.2 Å². The Morgan fingerprint density at radius 3 is 2.79 bits per heavy atom. The maximum Gasteiger partial charge on any atom is 0.406 e. The highest BCUT2D eigenvalue weighted by molar-refractivity contribution is 7.51. The van der Waals surface area contributed by atoms with Gasteiger partial charge < -0.3 is 14.2 Å². The molecule has 3 aliphatic rings. The van der Waals surface area contributed by atoms with Gasteiger partial charge >= 0.3 is 13.4 Å². The molecule has 0 radical (unpaired) electrons.